The number of methoxy groups -OCH3 is 2. The molecule has 8 nitrogen and oxygen atoms in total. The van der Waals surface area contributed by atoms with Gasteiger partial charge in [0, 0.05) is 18.4 Å². The van der Waals surface area contributed by atoms with E-state index in [1.165, 1.54) is 14.2 Å². The minimum Gasteiger partial charge on any atom is -0.467 e. The lowest BCUT2D eigenvalue weighted by molar-refractivity contribution is -0.225. The summed E-state index contributed by atoms with van der Waals surface area (Å²) in [5, 5.41) is 13.1. The third kappa shape index (κ3) is 2.61. The second-order valence-corrected chi connectivity index (χ2v) is 3.24. The van der Waals surface area contributed by atoms with Crippen LogP contribution in [0.25, 0.3) is 10.4 Å². The van der Waals surface area contributed by atoms with Crippen LogP contribution in [0.5, 0.6) is 0 Å². The van der Waals surface area contributed by atoms with Gasteiger partial charge < -0.3 is 19.3 Å². The van der Waals surface area contributed by atoms with Crippen molar-refractivity contribution in [3.8, 4) is 0 Å². The average molecular weight is 231 g/mol. The number of esters is 1. The van der Waals surface area contributed by atoms with E-state index in [0.29, 0.717) is 0 Å². The second kappa shape index (κ2) is 5.66. The van der Waals surface area contributed by atoms with Gasteiger partial charge in [-0.25, -0.2) is 4.79 Å². The molecule has 0 aromatic heterocycles. The molecule has 1 fully saturated rings. The lowest BCUT2D eigenvalue weighted by Gasteiger charge is -2.35. The van der Waals surface area contributed by atoms with Crippen molar-refractivity contribution in [2.75, 3.05) is 14.2 Å². The van der Waals surface area contributed by atoms with E-state index in [1.54, 1.807) is 0 Å². The van der Waals surface area contributed by atoms with Crippen LogP contribution < -0.4 is 0 Å². The zero-order valence-electron chi connectivity index (χ0n) is 8.94. The third-order valence-corrected chi connectivity index (χ3v) is 2.33. The summed E-state index contributed by atoms with van der Waals surface area (Å²) in [4.78, 5) is 13.9. The Labute approximate surface area is 91.7 Å². The minimum atomic E-state index is -1.23. The maximum atomic E-state index is 11.3. The van der Waals surface area contributed by atoms with E-state index < -0.39 is 30.5 Å². The number of carbonyl (C=O) groups excluding carboxylic acids is 1. The van der Waals surface area contributed by atoms with Crippen molar-refractivity contribution in [1.29, 1.82) is 0 Å². The maximum Gasteiger partial charge on any atom is 0.337 e. The first kappa shape index (κ1) is 12.7. The highest BCUT2D eigenvalue weighted by molar-refractivity contribution is 5.75. The quantitative estimate of drug-likeness (QED) is 0.317. The van der Waals surface area contributed by atoms with Crippen LogP contribution >= 0.6 is 0 Å². The van der Waals surface area contributed by atoms with Gasteiger partial charge in [-0.3, -0.25) is 0 Å². The Bertz CT molecular complexity index is 304. The van der Waals surface area contributed by atoms with Crippen LogP contribution in [0, 0.1) is 0 Å². The average Bonchev–Trinajstić information content (AvgIpc) is 2.31. The number of aliphatic hydroxyl groups excluding tert-OH is 1. The number of hydrogen-bond acceptors (Lipinski definition) is 6. The second-order valence-electron chi connectivity index (χ2n) is 3.24. The van der Waals surface area contributed by atoms with E-state index in [2.05, 4.69) is 14.8 Å². The molecule has 0 radical (unpaired) electrons. The Kier molecular flexibility index (Phi) is 4.51. The highest BCUT2D eigenvalue weighted by Crippen LogP contribution is 2.24. The molecule has 4 atom stereocenters. The number of ether oxygens (including phenoxy) is 3. The molecule has 1 N–H and O–H groups in total. The summed E-state index contributed by atoms with van der Waals surface area (Å²) >= 11 is 0. The molecule has 1 rings (SSSR count). The van der Waals surface area contributed by atoms with Crippen LogP contribution in [-0.4, -0.2) is 49.8 Å². The van der Waals surface area contributed by atoms with Gasteiger partial charge in [-0.05, 0) is 5.53 Å². The molecule has 0 aromatic rings. The Hall–Kier alpha value is -1.34. The van der Waals surface area contributed by atoms with Gasteiger partial charge in [0.1, 0.15) is 0 Å². The van der Waals surface area contributed by atoms with E-state index in [0.717, 1.165) is 0 Å². The molecule has 1 saturated heterocycles. The van der Waals surface area contributed by atoms with Gasteiger partial charge in [0.05, 0.1) is 19.3 Å². The highest BCUT2D eigenvalue weighted by atomic mass is 16.7. The van der Waals surface area contributed by atoms with Gasteiger partial charge in [-0.15, -0.1) is 0 Å². The molecule has 0 aromatic carbocycles. The van der Waals surface area contributed by atoms with Crippen LogP contribution in [-0.2, 0) is 19.0 Å². The Morgan fingerprint density at radius 1 is 1.62 bits per heavy atom. The SMILES string of the molecule is COC(=O)[C@@H]1O[C@@H](OC)C[C@H](N=[N+]=[N-])[C@@H]1O. The molecule has 0 spiro atoms. The molecule has 0 amide bonds. The number of hydrogen-bond donors (Lipinski definition) is 1. The number of aliphatic hydroxyl groups is 1. The molecule has 0 saturated carbocycles. The summed E-state index contributed by atoms with van der Waals surface area (Å²) in [6.07, 6.45) is -2.94. The smallest absolute Gasteiger partial charge is 0.337 e. The minimum absolute atomic E-state index is 0.190. The van der Waals surface area contributed by atoms with E-state index in [4.69, 9.17) is 15.0 Å². The molecule has 90 valence electrons. The van der Waals surface area contributed by atoms with Crippen LogP contribution in [0.3, 0.4) is 0 Å². The van der Waals surface area contributed by atoms with Crippen molar-refractivity contribution >= 4 is 5.97 Å². The van der Waals surface area contributed by atoms with Gasteiger partial charge in [0.2, 0.25) is 0 Å². The summed E-state index contributed by atoms with van der Waals surface area (Å²) in [5.41, 5.74) is 8.33. The van der Waals surface area contributed by atoms with Crippen LogP contribution in [0.4, 0.5) is 0 Å². The van der Waals surface area contributed by atoms with Gasteiger partial charge in [-0.1, -0.05) is 5.11 Å². The molecule has 0 aliphatic carbocycles. The fraction of sp³-hybridized carbons (Fsp3) is 0.875. The van der Waals surface area contributed by atoms with E-state index >= 15 is 0 Å². The largest absolute Gasteiger partial charge is 0.467 e. The summed E-state index contributed by atoms with van der Waals surface area (Å²) in [7, 11) is 2.57. The molecule has 0 unspecified atom stereocenters. The topological polar surface area (TPSA) is 114 Å². The van der Waals surface area contributed by atoms with Crippen molar-refractivity contribution in [3.63, 3.8) is 0 Å². The normalized spacial score (nSPS) is 33.9. The summed E-state index contributed by atoms with van der Waals surface area (Å²) in [6.45, 7) is 0. The molecule has 8 heteroatoms. The number of rotatable bonds is 3. The van der Waals surface area contributed by atoms with Gasteiger partial charge >= 0.3 is 5.97 Å². The standard InChI is InChI=1S/C8H13N3O5/c1-14-5-3-4(10-11-9)6(12)7(16-5)8(13)15-2/h4-7,12H,3H2,1-2H3/t4-,5+,6-,7+/m0/s1. The van der Waals surface area contributed by atoms with Crippen molar-refractivity contribution in [3.05, 3.63) is 10.4 Å². The van der Waals surface area contributed by atoms with Crippen molar-refractivity contribution in [1.82, 2.24) is 0 Å². The van der Waals surface area contributed by atoms with Crippen molar-refractivity contribution in [2.45, 2.75) is 31.0 Å². The summed E-state index contributed by atoms with van der Waals surface area (Å²) < 4.78 is 14.5. The fourth-order valence-corrected chi connectivity index (χ4v) is 1.48. The summed E-state index contributed by atoms with van der Waals surface area (Å²) in [6, 6.07) is -0.771. The number of carbonyl (C=O) groups is 1. The van der Waals surface area contributed by atoms with E-state index in [-0.39, 0.29) is 6.42 Å². The van der Waals surface area contributed by atoms with Gasteiger partial charge in [0.25, 0.3) is 0 Å². The monoisotopic (exact) mass is 231 g/mol. The predicted octanol–water partition coefficient (Wildman–Crippen LogP) is -0.0394. The van der Waals surface area contributed by atoms with Crippen LogP contribution in [0.1, 0.15) is 6.42 Å². The molecule has 16 heavy (non-hydrogen) atoms. The lowest BCUT2D eigenvalue weighted by Crippen LogP contribution is -2.51. The highest BCUT2D eigenvalue weighted by Gasteiger charge is 2.42. The Morgan fingerprint density at radius 2 is 2.31 bits per heavy atom. The third-order valence-electron chi connectivity index (χ3n) is 2.33. The van der Waals surface area contributed by atoms with E-state index in [1.807, 2.05) is 0 Å². The molecular formula is C8H13N3O5. The molecule has 1 heterocycles. The molecule has 1 aliphatic rings. The fourth-order valence-electron chi connectivity index (χ4n) is 1.48. The van der Waals surface area contributed by atoms with Crippen molar-refractivity contribution < 1.29 is 24.1 Å². The van der Waals surface area contributed by atoms with Crippen LogP contribution in [0.15, 0.2) is 5.11 Å². The Balaban J connectivity index is 2.83. The van der Waals surface area contributed by atoms with Gasteiger partial charge in [0.15, 0.2) is 12.4 Å². The van der Waals surface area contributed by atoms with Crippen molar-refractivity contribution in [2.24, 2.45) is 5.11 Å². The predicted molar refractivity (Wildman–Crippen MR) is 51.2 cm³/mol. The maximum absolute atomic E-state index is 11.3. The molecule has 1 aliphatic heterocycles. The zero-order valence-corrected chi connectivity index (χ0v) is 8.94. The number of azide groups is 1. The first-order valence-corrected chi connectivity index (χ1v) is 4.62. The zero-order chi connectivity index (χ0) is 12.1. The van der Waals surface area contributed by atoms with Gasteiger partial charge in [-0.2, -0.15) is 0 Å². The number of nitrogens with zero attached hydrogens (tertiary/aromatic N) is 3. The van der Waals surface area contributed by atoms with Crippen LogP contribution in [0.2, 0.25) is 0 Å². The first-order valence-electron chi connectivity index (χ1n) is 4.62. The Morgan fingerprint density at radius 3 is 2.81 bits per heavy atom. The first-order chi connectivity index (χ1) is 7.63. The molecular weight excluding hydrogens is 218 g/mol. The lowest BCUT2D eigenvalue weighted by atomic mass is 9.99. The summed E-state index contributed by atoms with van der Waals surface area (Å²) in [5.74, 6) is -0.729. The van der Waals surface area contributed by atoms with E-state index in [9.17, 15) is 9.90 Å². The molecule has 0 bridgehead atoms.